The molecule has 5 atom stereocenters. The number of halogens is 3. The van der Waals surface area contributed by atoms with Gasteiger partial charge in [0.05, 0.1) is 12.2 Å². The second-order valence-corrected chi connectivity index (χ2v) is 5.29. The number of carbonyl (C=O) groups is 1. The van der Waals surface area contributed by atoms with E-state index in [-0.39, 0.29) is 0 Å². The molecule has 0 bridgehead atoms. The van der Waals surface area contributed by atoms with Gasteiger partial charge in [-0.1, -0.05) is 6.07 Å². The molecular weight excluding hydrogens is 319 g/mol. The molecule has 1 fully saturated rings. The second kappa shape index (κ2) is 6.42. The summed E-state index contributed by atoms with van der Waals surface area (Å²) in [7, 11) is 0. The van der Waals surface area contributed by atoms with Crippen LogP contribution in [-0.4, -0.2) is 51.5 Å². The average Bonchev–Trinajstić information content (AvgIpc) is 2.47. The fourth-order valence-corrected chi connectivity index (χ4v) is 2.22. The lowest BCUT2D eigenvalue weighted by molar-refractivity contribution is -0.190. The SMILES string of the molecule is CC(O)[C@H]1O[C@H](C)[C@H](O)C(=O)[C@H]1Oc1cccc(C(F)(F)F)n1. The third-order valence-electron chi connectivity index (χ3n) is 3.42. The second-order valence-electron chi connectivity index (χ2n) is 5.29. The summed E-state index contributed by atoms with van der Waals surface area (Å²) < 4.78 is 48.5. The number of ether oxygens (including phenoxy) is 2. The van der Waals surface area contributed by atoms with E-state index in [1.807, 2.05) is 0 Å². The summed E-state index contributed by atoms with van der Waals surface area (Å²) in [5.74, 6) is -1.23. The van der Waals surface area contributed by atoms with Crippen LogP contribution in [0.2, 0.25) is 0 Å². The molecule has 0 aromatic carbocycles. The summed E-state index contributed by atoms with van der Waals surface area (Å²) in [5, 5.41) is 19.4. The average molecular weight is 335 g/mol. The summed E-state index contributed by atoms with van der Waals surface area (Å²) in [6, 6.07) is 2.98. The van der Waals surface area contributed by atoms with Crippen LogP contribution in [0.1, 0.15) is 19.5 Å². The number of alkyl halides is 3. The van der Waals surface area contributed by atoms with E-state index in [1.165, 1.54) is 13.8 Å². The fraction of sp³-hybridized carbons (Fsp3) is 0.571. The molecule has 1 saturated heterocycles. The van der Waals surface area contributed by atoms with Gasteiger partial charge in [0.2, 0.25) is 11.7 Å². The van der Waals surface area contributed by atoms with Crippen LogP contribution in [0.5, 0.6) is 5.88 Å². The smallest absolute Gasteiger partial charge is 0.433 e. The van der Waals surface area contributed by atoms with E-state index in [9.17, 15) is 28.2 Å². The Morgan fingerprint density at radius 2 is 2.04 bits per heavy atom. The third kappa shape index (κ3) is 3.80. The number of pyridine rings is 1. The first-order valence-electron chi connectivity index (χ1n) is 6.87. The van der Waals surface area contributed by atoms with Crippen molar-refractivity contribution in [3.05, 3.63) is 23.9 Å². The number of aliphatic hydroxyl groups is 2. The van der Waals surface area contributed by atoms with E-state index in [0.29, 0.717) is 0 Å². The van der Waals surface area contributed by atoms with Crippen LogP contribution in [0.25, 0.3) is 0 Å². The molecular formula is C14H16F3NO5. The van der Waals surface area contributed by atoms with Crippen molar-refractivity contribution in [2.45, 2.75) is 50.5 Å². The number of hydrogen-bond acceptors (Lipinski definition) is 6. The molecule has 128 valence electrons. The van der Waals surface area contributed by atoms with Crippen molar-refractivity contribution in [1.82, 2.24) is 4.98 Å². The van der Waals surface area contributed by atoms with Crippen molar-refractivity contribution in [3.8, 4) is 5.88 Å². The molecule has 2 heterocycles. The van der Waals surface area contributed by atoms with Gasteiger partial charge in [-0.2, -0.15) is 13.2 Å². The molecule has 2 N–H and O–H groups in total. The molecule has 0 aliphatic carbocycles. The molecule has 2 rings (SSSR count). The van der Waals surface area contributed by atoms with Gasteiger partial charge in [0.1, 0.15) is 17.9 Å². The number of ketones is 1. The van der Waals surface area contributed by atoms with E-state index < -0.39 is 54.1 Å². The number of Topliss-reactive ketones (excluding diaryl/α,β-unsaturated/α-hetero) is 1. The lowest BCUT2D eigenvalue weighted by atomic mass is 9.94. The third-order valence-corrected chi connectivity index (χ3v) is 3.42. The Bertz CT molecular complexity index is 578. The minimum Gasteiger partial charge on any atom is -0.463 e. The van der Waals surface area contributed by atoms with Gasteiger partial charge in [-0.3, -0.25) is 4.79 Å². The summed E-state index contributed by atoms with van der Waals surface area (Å²) in [6.07, 6.45) is -10.7. The van der Waals surface area contributed by atoms with Gasteiger partial charge >= 0.3 is 6.18 Å². The maximum absolute atomic E-state index is 12.7. The highest BCUT2D eigenvalue weighted by Gasteiger charge is 2.46. The maximum atomic E-state index is 12.7. The molecule has 0 saturated carbocycles. The van der Waals surface area contributed by atoms with Crippen LogP contribution in [0.3, 0.4) is 0 Å². The van der Waals surface area contributed by atoms with Gasteiger partial charge < -0.3 is 19.7 Å². The molecule has 9 heteroatoms. The monoisotopic (exact) mass is 335 g/mol. The summed E-state index contributed by atoms with van der Waals surface area (Å²) in [4.78, 5) is 15.4. The maximum Gasteiger partial charge on any atom is 0.433 e. The van der Waals surface area contributed by atoms with Gasteiger partial charge in [0.25, 0.3) is 0 Å². The van der Waals surface area contributed by atoms with Crippen LogP contribution < -0.4 is 4.74 Å². The first kappa shape index (κ1) is 17.6. The summed E-state index contributed by atoms with van der Waals surface area (Å²) in [6.45, 7) is 2.79. The highest BCUT2D eigenvalue weighted by atomic mass is 19.4. The highest BCUT2D eigenvalue weighted by Crippen LogP contribution is 2.30. The van der Waals surface area contributed by atoms with Crippen LogP contribution in [0.15, 0.2) is 18.2 Å². The number of aliphatic hydroxyl groups excluding tert-OH is 2. The predicted molar refractivity (Wildman–Crippen MR) is 70.7 cm³/mol. The van der Waals surface area contributed by atoms with Crippen molar-refractivity contribution in [1.29, 1.82) is 0 Å². The number of rotatable bonds is 3. The van der Waals surface area contributed by atoms with Gasteiger partial charge in [-0.05, 0) is 19.9 Å². The fourth-order valence-electron chi connectivity index (χ4n) is 2.22. The molecule has 6 nitrogen and oxygen atoms in total. The zero-order valence-corrected chi connectivity index (χ0v) is 12.3. The highest BCUT2D eigenvalue weighted by molar-refractivity contribution is 5.89. The molecule has 0 amide bonds. The largest absolute Gasteiger partial charge is 0.463 e. The number of aromatic nitrogens is 1. The molecule has 1 aliphatic heterocycles. The standard InChI is InChI=1S/C14H16F3NO5/c1-6(19)12-13(11(21)10(20)7(2)22-12)23-9-5-3-4-8(18-9)14(15,16)17/h3-7,10,12-13,19-20H,1-2H3/t6?,7-,10+,12-,13-/m1/s1. The Kier molecular flexibility index (Phi) is 4.92. The molecule has 1 aromatic rings. The molecule has 1 unspecified atom stereocenters. The summed E-state index contributed by atoms with van der Waals surface area (Å²) >= 11 is 0. The van der Waals surface area contributed by atoms with E-state index in [1.54, 1.807) is 0 Å². The number of carbonyl (C=O) groups excluding carboxylic acids is 1. The van der Waals surface area contributed by atoms with E-state index in [0.717, 1.165) is 18.2 Å². The Morgan fingerprint density at radius 3 is 2.61 bits per heavy atom. The van der Waals surface area contributed by atoms with Crippen molar-refractivity contribution in [3.63, 3.8) is 0 Å². The Hall–Kier alpha value is -1.71. The Morgan fingerprint density at radius 1 is 1.39 bits per heavy atom. The van der Waals surface area contributed by atoms with E-state index >= 15 is 0 Å². The first-order valence-corrected chi connectivity index (χ1v) is 6.87. The van der Waals surface area contributed by atoms with Gasteiger partial charge in [-0.15, -0.1) is 0 Å². The zero-order valence-electron chi connectivity index (χ0n) is 12.3. The molecule has 0 radical (unpaired) electrons. The van der Waals surface area contributed by atoms with Crippen LogP contribution in [0.4, 0.5) is 13.2 Å². The Labute approximate surface area is 129 Å². The van der Waals surface area contributed by atoms with Crippen LogP contribution >= 0.6 is 0 Å². The van der Waals surface area contributed by atoms with E-state index in [4.69, 9.17) is 9.47 Å². The molecule has 0 spiro atoms. The van der Waals surface area contributed by atoms with Gasteiger partial charge in [0.15, 0.2) is 6.10 Å². The molecule has 1 aromatic heterocycles. The van der Waals surface area contributed by atoms with Crippen molar-refractivity contribution >= 4 is 5.78 Å². The van der Waals surface area contributed by atoms with Crippen molar-refractivity contribution < 1.29 is 37.7 Å². The molecule has 23 heavy (non-hydrogen) atoms. The summed E-state index contributed by atoms with van der Waals surface area (Å²) in [5.41, 5.74) is -1.18. The van der Waals surface area contributed by atoms with Crippen LogP contribution in [0, 0.1) is 0 Å². The van der Waals surface area contributed by atoms with E-state index in [2.05, 4.69) is 4.98 Å². The minimum absolute atomic E-state index is 0.450. The quantitative estimate of drug-likeness (QED) is 0.855. The lowest BCUT2D eigenvalue weighted by Gasteiger charge is -2.37. The van der Waals surface area contributed by atoms with Gasteiger partial charge in [-0.25, -0.2) is 4.98 Å². The number of nitrogens with zero attached hydrogens (tertiary/aromatic N) is 1. The normalized spacial score (nSPS) is 30.1. The van der Waals surface area contributed by atoms with Crippen molar-refractivity contribution in [2.75, 3.05) is 0 Å². The zero-order chi connectivity index (χ0) is 17.4. The number of hydrogen-bond donors (Lipinski definition) is 2. The minimum atomic E-state index is -4.66. The van der Waals surface area contributed by atoms with Gasteiger partial charge in [0, 0.05) is 6.07 Å². The first-order chi connectivity index (χ1) is 10.6. The van der Waals surface area contributed by atoms with Crippen LogP contribution in [-0.2, 0) is 15.7 Å². The topological polar surface area (TPSA) is 88.9 Å². The Balaban J connectivity index is 2.27. The predicted octanol–water partition coefficient (Wildman–Crippen LogP) is 0.946. The lowest BCUT2D eigenvalue weighted by Crippen LogP contribution is -2.59. The molecule has 1 aliphatic rings. The van der Waals surface area contributed by atoms with Crippen molar-refractivity contribution in [2.24, 2.45) is 0 Å².